The van der Waals surface area contributed by atoms with Gasteiger partial charge in [-0.25, -0.2) is 4.21 Å². The van der Waals surface area contributed by atoms with Crippen LogP contribution >= 0.6 is 0 Å². The van der Waals surface area contributed by atoms with Gasteiger partial charge in [-0.2, -0.15) is 0 Å². The van der Waals surface area contributed by atoms with Crippen molar-refractivity contribution in [3.05, 3.63) is 33.7 Å². The van der Waals surface area contributed by atoms with Crippen molar-refractivity contribution in [2.75, 3.05) is 0 Å². The molecule has 0 bridgehead atoms. The lowest BCUT2D eigenvalue weighted by Crippen LogP contribution is -1.95. The van der Waals surface area contributed by atoms with Gasteiger partial charge in [0.25, 0.3) is 0 Å². The van der Waals surface area contributed by atoms with Gasteiger partial charge in [-0.1, -0.05) is 17.7 Å². The van der Waals surface area contributed by atoms with Crippen LogP contribution in [0.2, 0.25) is 0 Å². The number of hydrogen-bond donors (Lipinski definition) is 0. The monoisotopic (exact) mass is 197 g/mol. The second kappa shape index (κ2) is 3.79. The maximum Gasteiger partial charge on any atom is 0.213 e. The zero-order valence-electron chi connectivity index (χ0n) is 7.83. The third-order valence-corrected chi connectivity index (χ3v) is 2.98. The van der Waals surface area contributed by atoms with Gasteiger partial charge in [-0.15, -0.1) is 4.91 Å². The molecule has 1 rings (SSSR count). The predicted octanol–water partition coefficient (Wildman–Crippen LogP) is 2.40. The van der Waals surface area contributed by atoms with Gasteiger partial charge in [0.05, 0.1) is 4.90 Å². The Morgan fingerprint density at radius 2 is 1.62 bits per heavy atom. The molecule has 0 amide bonds. The number of aryl methyl sites for hydroxylation is 3. The van der Waals surface area contributed by atoms with Crippen LogP contribution in [0.3, 0.4) is 0 Å². The molecule has 0 saturated carbocycles. The van der Waals surface area contributed by atoms with Crippen LogP contribution in [0.5, 0.6) is 0 Å². The first-order chi connectivity index (χ1) is 6.06. The molecule has 70 valence electrons. The maximum atomic E-state index is 11.2. The number of hydrogen-bond acceptors (Lipinski definition) is 2. The molecule has 1 aromatic carbocycles. The van der Waals surface area contributed by atoms with E-state index in [0.29, 0.717) is 4.90 Å². The Kier molecular flexibility index (Phi) is 2.93. The Morgan fingerprint density at radius 3 is 2.00 bits per heavy atom. The number of nitroso groups, excluding NO2 is 1. The van der Waals surface area contributed by atoms with Gasteiger partial charge < -0.3 is 0 Å². The summed E-state index contributed by atoms with van der Waals surface area (Å²) >= 11 is 0. The fourth-order valence-corrected chi connectivity index (χ4v) is 2.22. The summed E-state index contributed by atoms with van der Waals surface area (Å²) in [5.41, 5.74) is 2.81. The van der Waals surface area contributed by atoms with Gasteiger partial charge in [0, 0.05) is 4.58 Å². The van der Waals surface area contributed by atoms with Crippen molar-refractivity contribution in [1.29, 1.82) is 0 Å². The van der Waals surface area contributed by atoms with Crippen molar-refractivity contribution in [3.8, 4) is 0 Å². The molecule has 1 aromatic rings. The van der Waals surface area contributed by atoms with Crippen molar-refractivity contribution >= 4 is 11.0 Å². The fraction of sp³-hybridized carbons (Fsp3) is 0.333. The maximum absolute atomic E-state index is 11.2. The van der Waals surface area contributed by atoms with Crippen LogP contribution in [-0.2, 0) is 11.0 Å². The van der Waals surface area contributed by atoms with Crippen LogP contribution in [0.4, 0.5) is 0 Å². The topological polar surface area (TPSA) is 46.5 Å². The normalized spacial score (nSPS) is 12.5. The first-order valence-corrected chi connectivity index (χ1v) is 5.00. The summed E-state index contributed by atoms with van der Waals surface area (Å²) in [6.07, 6.45) is 0. The second-order valence-corrected chi connectivity index (χ2v) is 4.11. The Morgan fingerprint density at radius 1 is 1.15 bits per heavy atom. The van der Waals surface area contributed by atoms with Crippen LogP contribution in [0.15, 0.2) is 21.6 Å². The van der Waals surface area contributed by atoms with Crippen LogP contribution < -0.4 is 0 Å². The van der Waals surface area contributed by atoms with E-state index in [1.54, 1.807) is 0 Å². The lowest BCUT2D eigenvalue weighted by molar-refractivity contribution is 0.683. The van der Waals surface area contributed by atoms with E-state index in [-0.39, 0.29) is 0 Å². The van der Waals surface area contributed by atoms with E-state index in [2.05, 4.69) is 4.58 Å². The average molecular weight is 197 g/mol. The highest BCUT2D eigenvalue weighted by Gasteiger charge is 2.10. The summed E-state index contributed by atoms with van der Waals surface area (Å²) < 4.78 is 13.7. The Bertz CT molecular complexity index is 351. The standard InChI is InChI=1S/C9H11NO2S/c1-6-4-7(2)9(8(3)5-6)13(12)10-11/h4-5H,1-3H3. The Balaban J connectivity index is 3.36. The summed E-state index contributed by atoms with van der Waals surface area (Å²) in [7, 11) is -1.75. The third-order valence-electron chi connectivity index (χ3n) is 1.85. The Labute approximate surface area is 79.7 Å². The van der Waals surface area contributed by atoms with E-state index in [4.69, 9.17) is 0 Å². The highest BCUT2D eigenvalue weighted by molar-refractivity contribution is 7.83. The minimum Gasteiger partial charge on any atom is -0.226 e. The molecule has 0 aromatic heterocycles. The van der Waals surface area contributed by atoms with Crippen LogP contribution in [-0.4, -0.2) is 4.21 Å². The molecule has 1 atom stereocenters. The van der Waals surface area contributed by atoms with E-state index >= 15 is 0 Å². The number of nitrogens with zero attached hydrogens (tertiary/aromatic N) is 1. The molecule has 13 heavy (non-hydrogen) atoms. The lowest BCUT2D eigenvalue weighted by Gasteiger charge is -2.05. The van der Waals surface area contributed by atoms with Gasteiger partial charge in [0.1, 0.15) is 0 Å². The quantitative estimate of drug-likeness (QED) is 0.683. The van der Waals surface area contributed by atoms with E-state index in [0.717, 1.165) is 16.7 Å². The molecule has 0 aliphatic heterocycles. The first kappa shape index (κ1) is 10.1. The van der Waals surface area contributed by atoms with Crippen molar-refractivity contribution < 1.29 is 4.21 Å². The number of rotatable bonds is 2. The van der Waals surface area contributed by atoms with Crippen molar-refractivity contribution in [1.82, 2.24) is 0 Å². The SMILES string of the molecule is Cc1cc(C)c(S(=O)N=O)c(C)c1. The number of benzene rings is 1. The highest BCUT2D eigenvalue weighted by atomic mass is 32.2. The van der Waals surface area contributed by atoms with E-state index in [1.165, 1.54) is 0 Å². The van der Waals surface area contributed by atoms with Gasteiger partial charge in [0.2, 0.25) is 11.0 Å². The van der Waals surface area contributed by atoms with Crippen LogP contribution in [0.25, 0.3) is 0 Å². The lowest BCUT2D eigenvalue weighted by atomic mass is 10.1. The summed E-state index contributed by atoms with van der Waals surface area (Å²) in [6.45, 7) is 5.62. The first-order valence-electron chi connectivity index (χ1n) is 3.89. The second-order valence-electron chi connectivity index (χ2n) is 3.05. The zero-order valence-corrected chi connectivity index (χ0v) is 8.64. The molecule has 0 aliphatic carbocycles. The fourth-order valence-electron chi connectivity index (χ4n) is 1.48. The average Bonchev–Trinajstić information content (AvgIpc) is 2.02. The van der Waals surface area contributed by atoms with E-state index in [1.807, 2.05) is 32.9 Å². The van der Waals surface area contributed by atoms with E-state index < -0.39 is 11.0 Å². The molecule has 0 spiro atoms. The molecule has 0 N–H and O–H groups in total. The summed E-state index contributed by atoms with van der Waals surface area (Å²) in [5, 5.41) is 0. The smallest absolute Gasteiger partial charge is 0.213 e. The zero-order chi connectivity index (χ0) is 10.0. The minimum atomic E-state index is -1.75. The van der Waals surface area contributed by atoms with E-state index in [9.17, 15) is 9.12 Å². The summed E-state index contributed by atoms with van der Waals surface area (Å²) in [6, 6.07) is 3.79. The highest BCUT2D eigenvalue weighted by Crippen LogP contribution is 2.20. The molecule has 0 heterocycles. The summed E-state index contributed by atoms with van der Waals surface area (Å²) in [5.74, 6) is 0. The molecule has 0 aliphatic rings. The molecule has 0 radical (unpaired) electrons. The molecule has 3 nitrogen and oxygen atoms in total. The molecular formula is C9H11NO2S. The molecule has 0 saturated heterocycles. The van der Waals surface area contributed by atoms with Crippen LogP contribution in [0.1, 0.15) is 16.7 Å². The molecule has 4 heteroatoms. The van der Waals surface area contributed by atoms with Gasteiger partial charge in [-0.3, -0.25) is 0 Å². The van der Waals surface area contributed by atoms with Crippen molar-refractivity contribution in [3.63, 3.8) is 0 Å². The van der Waals surface area contributed by atoms with Crippen molar-refractivity contribution in [2.24, 2.45) is 4.58 Å². The van der Waals surface area contributed by atoms with Gasteiger partial charge in [-0.05, 0) is 31.9 Å². The molecular weight excluding hydrogens is 186 g/mol. The van der Waals surface area contributed by atoms with Gasteiger partial charge >= 0.3 is 0 Å². The Hall–Kier alpha value is -1.03. The van der Waals surface area contributed by atoms with Crippen LogP contribution in [0, 0.1) is 25.7 Å². The van der Waals surface area contributed by atoms with Gasteiger partial charge in [0.15, 0.2) is 0 Å². The largest absolute Gasteiger partial charge is 0.226 e. The predicted molar refractivity (Wildman–Crippen MR) is 52.9 cm³/mol. The third kappa shape index (κ3) is 2.01. The van der Waals surface area contributed by atoms with Crippen molar-refractivity contribution in [2.45, 2.75) is 25.7 Å². The summed E-state index contributed by atoms with van der Waals surface area (Å²) in [4.78, 5) is 10.7. The minimum absolute atomic E-state index is 0.542. The molecule has 0 fully saturated rings. The molecule has 1 unspecified atom stereocenters.